The first kappa shape index (κ1) is 7.48. The van der Waals surface area contributed by atoms with Crippen LogP contribution in [0.1, 0.15) is 0 Å². The number of benzene rings is 1. The SMILES string of the molecule is COc1[c]ccc(SC)c1. The fourth-order valence-electron chi connectivity index (χ4n) is 0.670. The Hall–Kier alpha value is -0.630. The van der Waals surface area contributed by atoms with E-state index in [2.05, 4.69) is 6.07 Å². The summed E-state index contributed by atoms with van der Waals surface area (Å²) in [7, 11) is 1.65. The highest BCUT2D eigenvalue weighted by Crippen LogP contribution is 2.19. The Morgan fingerprint density at radius 3 is 3.00 bits per heavy atom. The first-order valence-corrected chi connectivity index (χ1v) is 4.19. The largest absolute Gasteiger partial charge is 0.496 e. The predicted octanol–water partition coefficient (Wildman–Crippen LogP) is 2.22. The van der Waals surface area contributed by atoms with Crippen molar-refractivity contribution in [3.05, 3.63) is 24.3 Å². The normalized spacial score (nSPS) is 9.40. The maximum atomic E-state index is 4.99. The molecular weight excluding hydrogens is 144 g/mol. The van der Waals surface area contributed by atoms with Gasteiger partial charge in [-0.3, -0.25) is 0 Å². The summed E-state index contributed by atoms with van der Waals surface area (Å²) in [5, 5.41) is 0. The molecule has 0 amide bonds. The van der Waals surface area contributed by atoms with Gasteiger partial charge in [-0.05, 0) is 24.5 Å². The molecule has 0 aliphatic carbocycles. The van der Waals surface area contributed by atoms with Crippen molar-refractivity contribution in [2.45, 2.75) is 4.90 Å². The average Bonchev–Trinajstić information content (AvgIpc) is 2.05. The summed E-state index contributed by atoms with van der Waals surface area (Å²) >= 11 is 1.70. The molecule has 53 valence electrons. The minimum atomic E-state index is 0.798. The number of methoxy groups -OCH3 is 1. The summed E-state index contributed by atoms with van der Waals surface area (Å²) in [5.41, 5.74) is 0. The highest BCUT2D eigenvalue weighted by atomic mass is 32.2. The van der Waals surface area contributed by atoms with Crippen LogP contribution in [-0.4, -0.2) is 13.4 Å². The average molecular weight is 153 g/mol. The van der Waals surface area contributed by atoms with Gasteiger partial charge in [0, 0.05) is 11.0 Å². The summed E-state index contributed by atoms with van der Waals surface area (Å²) in [6, 6.07) is 8.79. The first-order chi connectivity index (χ1) is 4.86. The second kappa shape index (κ2) is 3.52. The zero-order chi connectivity index (χ0) is 7.40. The number of hydrogen-bond donors (Lipinski definition) is 0. The quantitative estimate of drug-likeness (QED) is 0.602. The van der Waals surface area contributed by atoms with E-state index in [0.717, 1.165) is 5.75 Å². The van der Waals surface area contributed by atoms with Gasteiger partial charge in [-0.1, -0.05) is 0 Å². The molecule has 0 aliphatic heterocycles. The Balaban J connectivity index is 2.87. The summed E-state index contributed by atoms with van der Waals surface area (Å²) in [5.74, 6) is 0.798. The van der Waals surface area contributed by atoms with E-state index in [4.69, 9.17) is 4.74 Å². The lowest BCUT2D eigenvalue weighted by Crippen LogP contribution is -1.81. The monoisotopic (exact) mass is 153 g/mol. The molecule has 0 heterocycles. The maximum Gasteiger partial charge on any atom is 0.127 e. The number of hydrogen-bond acceptors (Lipinski definition) is 2. The highest BCUT2D eigenvalue weighted by molar-refractivity contribution is 7.98. The van der Waals surface area contributed by atoms with Gasteiger partial charge in [0.1, 0.15) is 5.75 Å². The first-order valence-electron chi connectivity index (χ1n) is 2.96. The Labute approximate surface area is 65.4 Å². The molecule has 2 heteroatoms. The van der Waals surface area contributed by atoms with Gasteiger partial charge in [0.2, 0.25) is 0 Å². The van der Waals surface area contributed by atoms with Crippen LogP contribution >= 0.6 is 11.8 Å². The zero-order valence-electron chi connectivity index (χ0n) is 6.05. The van der Waals surface area contributed by atoms with Crippen molar-refractivity contribution in [2.24, 2.45) is 0 Å². The van der Waals surface area contributed by atoms with Gasteiger partial charge >= 0.3 is 0 Å². The van der Waals surface area contributed by atoms with Crippen molar-refractivity contribution < 1.29 is 4.74 Å². The van der Waals surface area contributed by atoms with Crippen molar-refractivity contribution in [3.8, 4) is 5.75 Å². The van der Waals surface area contributed by atoms with Crippen molar-refractivity contribution >= 4 is 11.8 Å². The van der Waals surface area contributed by atoms with E-state index in [1.54, 1.807) is 18.9 Å². The lowest BCUT2D eigenvalue weighted by Gasteiger charge is -1.99. The van der Waals surface area contributed by atoms with Gasteiger partial charge in [-0.15, -0.1) is 11.8 Å². The molecule has 1 radical (unpaired) electrons. The van der Waals surface area contributed by atoms with Crippen LogP contribution in [-0.2, 0) is 0 Å². The van der Waals surface area contributed by atoms with E-state index in [1.165, 1.54) is 4.90 Å². The van der Waals surface area contributed by atoms with Crippen LogP contribution in [0.15, 0.2) is 23.1 Å². The number of rotatable bonds is 2. The van der Waals surface area contributed by atoms with Gasteiger partial charge in [-0.2, -0.15) is 0 Å². The lowest BCUT2D eigenvalue weighted by molar-refractivity contribution is 0.413. The minimum absolute atomic E-state index is 0.798. The molecule has 0 atom stereocenters. The van der Waals surface area contributed by atoms with E-state index in [1.807, 2.05) is 24.5 Å². The molecule has 0 unspecified atom stereocenters. The van der Waals surface area contributed by atoms with Crippen LogP contribution in [0.4, 0.5) is 0 Å². The molecule has 0 saturated heterocycles. The van der Waals surface area contributed by atoms with E-state index in [0.29, 0.717) is 0 Å². The van der Waals surface area contributed by atoms with Gasteiger partial charge in [0.15, 0.2) is 0 Å². The molecule has 1 aromatic carbocycles. The Morgan fingerprint density at radius 2 is 2.40 bits per heavy atom. The molecule has 10 heavy (non-hydrogen) atoms. The minimum Gasteiger partial charge on any atom is -0.496 e. The molecule has 0 bridgehead atoms. The van der Waals surface area contributed by atoms with Crippen LogP contribution in [0.5, 0.6) is 5.75 Å². The molecule has 0 aliphatic rings. The Morgan fingerprint density at radius 1 is 1.60 bits per heavy atom. The molecule has 0 fully saturated rings. The number of thioether (sulfide) groups is 1. The predicted molar refractivity (Wildman–Crippen MR) is 43.6 cm³/mol. The van der Waals surface area contributed by atoms with E-state index in [-0.39, 0.29) is 0 Å². The van der Waals surface area contributed by atoms with Crippen LogP contribution < -0.4 is 4.74 Å². The second-order valence-corrected chi connectivity index (χ2v) is 2.68. The lowest BCUT2D eigenvalue weighted by atomic mass is 10.3. The zero-order valence-corrected chi connectivity index (χ0v) is 6.87. The number of ether oxygens (including phenoxy) is 1. The highest BCUT2D eigenvalue weighted by Gasteiger charge is 1.91. The van der Waals surface area contributed by atoms with Crippen LogP contribution in [0.25, 0.3) is 0 Å². The van der Waals surface area contributed by atoms with Crippen molar-refractivity contribution in [2.75, 3.05) is 13.4 Å². The topological polar surface area (TPSA) is 9.23 Å². The van der Waals surface area contributed by atoms with Crippen molar-refractivity contribution in [3.63, 3.8) is 0 Å². The maximum absolute atomic E-state index is 4.99. The summed E-state index contributed by atoms with van der Waals surface area (Å²) in [6.45, 7) is 0. The third-order valence-corrected chi connectivity index (χ3v) is 1.93. The van der Waals surface area contributed by atoms with Gasteiger partial charge < -0.3 is 4.74 Å². The standard InChI is InChI=1S/C8H9OS/c1-9-7-4-3-5-8(6-7)10-2/h3,5-6H,1-2H3. The third-order valence-electron chi connectivity index (χ3n) is 1.20. The van der Waals surface area contributed by atoms with Gasteiger partial charge in [-0.25, -0.2) is 0 Å². The van der Waals surface area contributed by atoms with Gasteiger partial charge in [0.05, 0.1) is 7.11 Å². The summed E-state index contributed by atoms with van der Waals surface area (Å²) in [4.78, 5) is 1.20. The van der Waals surface area contributed by atoms with Crippen LogP contribution in [0.2, 0.25) is 0 Å². The molecule has 0 saturated carbocycles. The fourth-order valence-corrected chi connectivity index (χ4v) is 1.10. The fraction of sp³-hybridized carbons (Fsp3) is 0.250. The molecule has 0 N–H and O–H groups in total. The molecule has 0 aromatic heterocycles. The molecular formula is C8H9OS. The third kappa shape index (κ3) is 1.67. The van der Waals surface area contributed by atoms with Gasteiger partial charge in [0.25, 0.3) is 0 Å². The van der Waals surface area contributed by atoms with Crippen LogP contribution in [0.3, 0.4) is 0 Å². The van der Waals surface area contributed by atoms with E-state index in [9.17, 15) is 0 Å². The van der Waals surface area contributed by atoms with Crippen LogP contribution in [0, 0.1) is 6.07 Å². The summed E-state index contributed by atoms with van der Waals surface area (Å²) in [6.07, 6.45) is 2.04. The van der Waals surface area contributed by atoms with Crippen molar-refractivity contribution in [1.29, 1.82) is 0 Å². The van der Waals surface area contributed by atoms with E-state index >= 15 is 0 Å². The van der Waals surface area contributed by atoms with Crippen molar-refractivity contribution in [1.82, 2.24) is 0 Å². The Bertz CT molecular complexity index is 191. The molecule has 1 aromatic rings. The molecule has 1 nitrogen and oxygen atoms in total. The summed E-state index contributed by atoms with van der Waals surface area (Å²) < 4.78 is 4.99. The van der Waals surface area contributed by atoms with E-state index < -0.39 is 0 Å². The molecule has 1 rings (SSSR count). The molecule has 0 spiro atoms. The second-order valence-electron chi connectivity index (χ2n) is 1.80. The smallest absolute Gasteiger partial charge is 0.127 e. The Kier molecular flexibility index (Phi) is 2.63.